The third-order valence-electron chi connectivity index (χ3n) is 5.92. The summed E-state index contributed by atoms with van der Waals surface area (Å²) >= 11 is 1.72. The summed E-state index contributed by atoms with van der Waals surface area (Å²) in [7, 11) is 1.62. The lowest BCUT2D eigenvalue weighted by Crippen LogP contribution is -2.49. The average Bonchev–Trinajstić information content (AvgIpc) is 3.29. The lowest BCUT2D eigenvalue weighted by atomic mass is 10.00. The summed E-state index contributed by atoms with van der Waals surface area (Å²) < 4.78 is 11.4. The highest BCUT2D eigenvalue weighted by atomic mass is 32.1. The molecule has 2 aromatic rings. The molecular formula is C24H32N2O4S. The van der Waals surface area contributed by atoms with Crippen molar-refractivity contribution in [1.82, 2.24) is 9.80 Å². The summed E-state index contributed by atoms with van der Waals surface area (Å²) in [5, 5.41) is 2.07. The van der Waals surface area contributed by atoms with E-state index in [0.717, 1.165) is 24.2 Å². The monoisotopic (exact) mass is 444 g/mol. The Morgan fingerprint density at radius 3 is 2.74 bits per heavy atom. The predicted octanol–water partition coefficient (Wildman–Crippen LogP) is 4.30. The zero-order valence-corrected chi connectivity index (χ0v) is 19.6. The normalized spacial score (nSPS) is 16.4. The summed E-state index contributed by atoms with van der Waals surface area (Å²) in [6, 6.07) is 9.42. The topological polar surface area (TPSA) is 59.1 Å². The van der Waals surface area contributed by atoms with Gasteiger partial charge in [0.15, 0.2) is 0 Å². The maximum absolute atomic E-state index is 13.4. The Kier molecular flexibility index (Phi) is 7.96. The van der Waals surface area contributed by atoms with Crippen molar-refractivity contribution in [3.63, 3.8) is 0 Å². The third-order valence-corrected chi connectivity index (χ3v) is 6.91. The van der Waals surface area contributed by atoms with E-state index in [1.807, 2.05) is 49.9 Å². The number of fused-ring (bicyclic) bond motifs is 1. The van der Waals surface area contributed by atoms with Gasteiger partial charge in [-0.3, -0.25) is 9.59 Å². The molecule has 2 amide bonds. The fourth-order valence-corrected chi connectivity index (χ4v) is 4.82. The molecule has 1 aromatic heterocycles. The second kappa shape index (κ2) is 10.7. The van der Waals surface area contributed by atoms with Crippen molar-refractivity contribution in [3.8, 4) is 11.5 Å². The van der Waals surface area contributed by atoms with Crippen molar-refractivity contribution in [2.75, 3.05) is 26.8 Å². The molecule has 7 heteroatoms. The molecule has 0 radical (unpaired) electrons. The van der Waals surface area contributed by atoms with Gasteiger partial charge in [0.05, 0.1) is 13.2 Å². The van der Waals surface area contributed by atoms with Gasteiger partial charge in [-0.05, 0) is 48.9 Å². The van der Waals surface area contributed by atoms with Crippen LogP contribution in [0, 0.1) is 0 Å². The Labute approximate surface area is 188 Å². The molecule has 1 aromatic carbocycles. The molecule has 6 nitrogen and oxygen atoms in total. The van der Waals surface area contributed by atoms with Crippen molar-refractivity contribution < 1.29 is 19.1 Å². The van der Waals surface area contributed by atoms with E-state index in [1.54, 1.807) is 23.3 Å². The fraction of sp³-hybridized carbons (Fsp3) is 0.500. The van der Waals surface area contributed by atoms with Crippen LogP contribution in [0.4, 0.5) is 0 Å². The number of ether oxygens (including phenoxy) is 2. The summed E-state index contributed by atoms with van der Waals surface area (Å²) in [6.45, 7) is 6.97. The van der Waals surface area contributed by atoms with Crippen LogP contribution in [-0.4, -0.2) is 54.5 Å². The van der Waals surface area contributed by atoms with Crippen molar-refractivity contribution in [2.24, 2.45) is 0 Å². The third kappa shape index (κ3) is 5.39. The lowest BCUT2D eigenvalue weighted by Gasteiger charge is -2.38. The molecule has 1 aliphatic rings. The number of benzene rings is 1. The van der Waals surface area contributed by atoms with Crippen molar-refractivity contribution in [2.45, 2.75) is 52.1 Å². The quantitative estimate of drug-likeness (QED) is 0.579. The minimum absolute atomic E-state index is 0.0140. The first-order valence-electron chi connectivity index (χ1n) is 10.9. The van der Waals surface area contributed by atoms with Gasteiger partial charge < -0.3 is 19.3 Å². The molecule has 3 rings (SSSR count). The zero-order valence-electron chi connectivity index (χ0n) is 18.8. The predicted molar refractivity (Wildman–Crippen MR) is 123 cm³/mol. The maximum Gasteiger partial charge on any atom is 0.242 e. The van der Waals surface area contributed by atoms with Gasteiger partial charge >= 0.3 is 0 Å². The Morgan fingerprint density at radius 2 is 2.03 bits per heavy atom. The standard InChI is InChI=1S/C24H32N2O4S/c1-5-17(3)26(23(27)6-2)15-24(28)25-12-10-22-20(11-13-31-22)21(25)16-30-19-9-7-8-18(14-19)29-4/h7-9,11,13-14,17,21H,5-6,10,12,15-16H2,1-4H3. The number of amides is 2. The molecule has 2 unspecified atom stereocenters. The van der Waals surface area contributed by atoms with Crippen LogP contribution < -0.4 is 9.47 Å². The van der Waals surface area contributed by atoms with Crippen molar-refractivity contribution >= 4 is 23.2 Å². The van der Waals surface area contributed by atoms with Crippen molar-refractivity contribution in [1.29, 1.82) is 0 Å². The zero-order chi connectivity index (χ0) is 22.4. The van der Waals surface area contributed by atoms with E-state index >= 15 is 0 Å². The second-order valence-corrected chi connectivity index (χ2v) is 8.78. The Bertz CT molecular complexity index is 897. The first-order chi connectivity index (χ1) is 15.0. The van der Waals surface area contributed by atoms with Crippen LogP contribution in [0.15, 0.2) is 35.7 Å². The van der Waals surface area contributed by atoms with E-state index in [1.165, 1.54) is 4.88 Å². The second-order valence-electron chi connectivity index (χ2n) is 7.77. The molecule has 0 saturated carbocycles. The van der Waals surface area contributed by atoms with Gasteiger partial charge in [-0.2, -0.15) is 0 Å². The number of thiophene rings is 1. The van der Waals surface area contributed by atoms with Crippen LogP contribution in [0.5, 0.6) is 11.5 Å². The smallest absolute Gasteiger partial charge is 0.242 e. The van der Waals surface area contributed by atoms with Crippen LogP contribution >= 0.6 is 11.3 Å². The molecule has 31 heavy (non-hydrogen) atoms. The molecule has 0 fully saturated rings. The molecule has 0 aliphatic carbocycles. The number of nitrogens with zero attached hydrogens (tertiary/aromatic N) is 2. The first-order valence-corrected chi connectivity index (χ1v) is 11.8. The minimum atomic E-state index is -0.177. The van der Waals surface area contributed by atoms with E-state index in [-0.39, 0.29) is 30.4 Å². The number of carbonyl (C=O) groups is 2. The van der Waals surface area contributed by atoms with Crippen LogP contribution in [0.1, 0.15) is 50.1 Å². The molecule has 2 heterocycles. The first kappa shape index (κ1) is 23.1. The van der Waals surface area contributed by atoms with Crippen LogP contribution in [-0.2, 0) is 16.0 Å². The summed E-state index contributed by atoms with van der Waals surface area (Å²) in [4.78, 5) is 30.7. The van der Waals surface area contributed by atoms with Crippen molar-refractivity contribution in [3.05, 3.63) is 46.2 Å². The van der Waals surface area contributed by atoms with E-state index < -0.39 is 0 Å². The van der Waals surface area contributed by atoms with Gasteiger partial charge in [-0.15, -0.1) is 11.3 Å². The fourth-order valence-electron chi connectivity index (χ4n) is 3.89. The summed E-state index contributed by atoms with van der Waals surface area (Å²) in [5.74, 6) is 1.42. The highest BCUT2D eigenvalue weighted by Gasteiger charge is 2.34. The van der Waals surface area contributed by atoms with E-state index in [0.29, 0.717) is 25.3 Å². The molecule has 168 valence electrons. The van der Waals surface area contributed by atoms with Gasteiger partial charge in [0.1, 0.15) is 24.7 Å². The van der Waals surface area contributed by atoms with Gasteiger partial charge in [-0.1, -0.05) is 19.9 Å². The van der Waals surface area contributed by atoms with Gasteiger partial charge in [-0.25, -0.2) is 0 Å². The number of carbonyl (C=O) groups excluding carboxylic acids is 2. The molecule has 0 spiro atoms. The van der Waals surface area contributed by atoms with Gasteiger partial charge in [0.25, 0.3) is 0 Å². The highest BCUT2D eigenvalue weighted by molar-refractivity contribution is 7.10. The van der Waals surface area contributed by atoms with E-state index in [9.17, 15) is 9.59 Å². The number of methoxy groups -OCH3 is 1. The molecule has 1 aliphatic heterocycles. The van der Waals surface area contributed by atoms with E-state index in [2.05, 4.69) is 11.4 Å². The number of rotatable bonds is 9. The largest absolute Gasteiger partial charge is 0.497 e. The van der Waals surface area contributed by atoms with E-state index in [4.69, 9.17) is 9.47 Å². The van der Waals surface area contributed by atoms with Crippen LogP contribution in [0.3, 0.4) is 0 Å². The molecule has 0 bridgehead atoms. The number of hydrogen-bond donors (Lipinski definition) is 0. The van der Waals surface area contributed by atoms with Crippen LogP contribution in [0.2, 0.25) is 0 Å². The molecule has 0 N–H and O–H groups in total. The number of hydrogen-bond acceptors (Lipinski definition) is 5. The molecule has 0 saturated heterocycles. The minimum Gasteiger partial charge on any atom is -0.497 e. The lowest BCUT2D eigenvalue weighted by molar-refractivity contribution is -0.144. The molecule has 2 atom stereocenters. The van der Waals surface area contributed by atoms with Crippen LogP contribution in [0.25, 0.3) is 0 Å². The Hall–Kier alpha value is -2.54. The highest BCUT2D eigenvalue weighted by Crippen LogP contribution is 2.34. The van der Waals surface area contributed by atoms with Gasteiger partial charge in [0, 0.05) is 30.0 Å². The SMILES string of the molecule is CCC(=O)N(CC(=O)N1CCc2sccc2C1COc1cccc(OC)c1)C(C)CC. The average molecular weight is 445 g/mol. The molecular weight excluding hydrogens is 412 g/mol. The Morgan fingerprint density at radius 1 is 1.26 bits per heavy atom. The van der Waals surface area contributed by atoms with Gasteiger partial charge in [0.2, 0.25) is 11.8 Å². The Balaban J connectivity index is 1.78. The summed E-state index contributed by atoms with van der Waals surface area (Å²) in [5.41, 5.74) is 1.14. The summed E-state index contributed by atoms with van der Waals surface area (Å²) in [6.07, 6.45) is 2.05. The maximum atomic E-state index is 13.4.